The van der Waals surface area contributed by atoms with Crippen LogP contribution in [0.2, 0.25) is 0 Å². The Balaban J connectivity index is 1.75. The molecule has 0 saturated carbocycles. The molecular formula is C25H31NO9. The van der Waals surface area contributed by atoms with Gasteiger partial charge in [0.2, 0.25) is 6.29 Å². The van der Waals surface area contributed by atoms with E-state index in [4.69, 9.17) is 23.7 Å². The highest BCUT2D eigenvalue weighted by molar-refractivity contribution is 5.87. The summed E-state index contributed by atoms with van der Waals surface area (Å²) in [5.74, 6) is -2.07. The summed E-state index contributed by atoms with van der Waals surface area (Å²) < 4.78 is 27.6. The molecule has 0 unspecified atom stereocenters. The number of aromatic amines is 1. The number of esters is 4. The van der Waals surface area contributed by atoms with E-state index >= 15 is 0 Å². The van der Waals surface area contributed by atoms with Crippen molar-refractivity contribution in [2.75, 3.05) is 6.61 Å². The Morgan fingerprint density at radius 2 is 1.60 bits per heavy atom. The van der Waals surface area contributed by atoms with Crippen LogP contribution in [0.5, 0.6) is 0 Å². The molecule has 1 aromatic carbocycles. The van der Waals surface area contributed by atoms with Gasteiger partial charge in [-0.1, -0.05) is 39.0 Å². The fourth-order valence-electron chi connectivity index (χ4n) is 3.75. The normalized spacial score (nSPS) is 21.8. The van der Waals surface area contributed by atoms with Gasteiger partial charge in [-0.15, -0.1) is 0 Å². The first kappa shape index (κ1) is 26.2. The first-order valence-electron chi connectivity index (χ1n) is 11.8. The lowest BCUT2D eigenvalue weighted by molar-refractivity contribution is -0.261. The monoisotopic (exact) mass is 489 g/mol. The van der Waals surface area contributed by atoms with Crippen LogP contribution in [0, 0.1) is 0 Å². The van der Waals surface area contributed by atoms with Gasteiger partial charge in [0.25, 0.3) is 0 Å². The summed E-state index contributed by atoms with van der Waals surface area (Å²) in [4.78, 5) is 51.7. The van der Waals surface area contributed by atoms with Crippen LogP contribution in [-0.2, 0) is 49.3 Å². The molecule has 1 N–H and O–H groups in total. The standard InChI is InChI=1S/C25H31NO9/c1-4-20(27)31-14-19-25(35-22(29)6-3)18(32-21(28)5-2)12-24(33-19)34-23(30)11-15-13-26-17-10-8-7-9-16(15)17/h7-10,13,18-19,24-26H,4-6,11-12,14H2,1-3H3/t18-,19-,24-,25+/m1/s1. The average molecular weight is 490 g/mol. The van der Waals surface area contributed by atoms with Gasteiger partial charge >= 0.3 is 23.9 Å². The van der Waals surface area contributed by atoms with Gasteiger partial charge in [-0.3, -0.25) is 19.2 Å². The van der Waals surface area contributed by atoms with E-state index in [0.29, 0.717) is 0 Å². The molecule has 0 bridgehead atoms. The highest BCUT2D eigenvalue weighted by atomic mass is 16.7. The van der Waals surface area contributed by atoms with Crippen molar-refractivity contribution in [2.24, 2.45) is 0 Å². The third-order valence-corrected chi connectivity index (χ3v) is 5.58. The van der Waals surface area contributed by atoms with Crippen molar-refractivity contribution < 1.29 is 42.9 Å². The second-order valence-corrected chi connectivity index (χ2v) is 8.09. The number of carbonyl (C=O) groups is 4. The molecule has 190 valence electrons. The number of aromatic nitrogens is 1. The highest BCUT2D eigenvalue weighted by Gasteiger charge is 2.45. The lowest BCUT2D eigenvalue weighted by atomic mass is 10.0. The third kappa shape index (κ3) is 7.05. The number of rotatable bonds is 10. The van der Waals surface area contributed by atoms with E-state index in [1.165, 1.54) is 0 Å². The molecule has 1 aliphatic heterocycles. The van der Waals surface area contributed by atoms with Crippen molar-refractivity contribution in [1.82, 2.24) is 4.98 Å². The molecule has 10 nitrogen and oxygen atoms in total. The highest BCUT2D eigenvalue weighted by Crippen LogP contribution is 2.28. The molecule has 10 heteroatoms. The van der Waals surface area contributed by atoms with Gasteiger partial charge in [-0.2, -0.15) is 0 Å². The summed E-state index contributed by atoms with van der Waals surface area (Å²) >= 11 is 0. The Labute approximate surface area is 203 Å². The van der Waals surface area contributed by atoms with Crippen LogP contribution < -0.4 is 0 Å². The fourth-order valence-corrected chi connectivity index (χ4v) is 3.75. The molecule has 2 aromatic rings. The summed E-state index contributed by atoms with van der Waals surface area (Å²) in [7, 11) is 0. The van der Waals surface area contributed by atoms with Crippen molar-refractivity contribution in [3.8, 4) is 0 Å². The summed E-state index contributed by atoms with van der Waals surface area (Å²) in [6, 6.07) is 7.57. The quantitative estimate of drug-likeness (QED) is 0.395. The topological polar surface area (TPSA) is 130 Å². The zero-order valence-corrected chi connectivity index (χ0v) is 20.1. The number of fused-ring (bicyclic) bond motifs is 1. The van der Waals surface area contributed by atoms with Gasteiger partial charge in [-0.05, 0) is 11.6 Å². The molecule has 1 saturated heterocycles. The Bertz CT molecular complexity index is 1050. The van der Waals surface area contributed by atoms with Crippen LogP contribution in [0.15, 0.2) is 30.5 Å². The largest absolute Gasteiger partial charge is 0.463 e. The van der Waals surface area contributed by atoms with Crippen LogP contribution in [0.3, 0.4) is 0 Å². The van der Waals surface area contributed by atoms with Crippen molar-refractivity contribution in [1.29, 1.82) is 0 Å². The van der Waals surface area contributed by atoms with Gasteiger partial charge in [0.05, 0.1) is 12.8 Å². The molecule has 1 aliphatic rings. The molecule has 0 amide bonds. The summed E-state index contributed by atoms with van der Waals surface area (Å²) in [6.45, 7) is 4.64. The van der Waals surface area contributed by atoms with Crippen molar-refractivity contribution in [3.63, 3.8) is 0 Å². The van der Waals surface area contributed by atoms with E-state index in [1.54, 1.807) is 27.0 Å². The molecule has 0 radical (unpaired) electrons. The number of carbonyl (C=O) groups excluding carboxylic acids is 4. The maximum atomic E-state index is 12.7. The minimum absolute atomic E-state index is 0.00692. The molecule has 1 aromatic heterocycles. The Morgan fingerprint density at radius 1 is 0.914 bits per heavy atom. The number of hydrogen-bond acceptors (Lipinski definition) is 9. The van der Waals surface area contributed by atoms with E-state index < -0.39 is 48.5 Å². The number of H-pyrrole nitrogens is 1. The molecule has 4 atom stereocenters. The lowest BCUT2D eigenvalue weighted by Crippen LogP contribution is -2.54. The third-order valence-electron chi connectivity index (χ3n) is 5.58. The number of benzene rings is 1. The number of ether oxygens (including phenoxy) is 5. The zero-order valence-electron chi connectivity index (χ0n) is 20.1. The number of nitrogens with one attached hydrogen (secondary N) is 1. The SMILES string of the molecule is CCC(=O)OC[C@H]1O[C@H](OC(=O)Cc2c[nH]c3ccccc23)C[C@@H](OC(=O)CC)[C@@H]1OC(=O)CC. The van der Waals surface area contributed by atoms with E-state index in [1.807, 2.05) is 24.3 Å². The maximum absolute atomic E-state index is 12.7. The van der Waals surface area contributed by atoms with Crippen LogP contribution in [0.25, 0.3) is 10.9 Å². The van der Waals surface area contributed by atoms with Crippen LogP contribution in [-0.4, -0.2) is 60.1 Å². The summed E-state index contributed by atoms with van der Waals surface area (Å²) in [6.07, 6.45) is -2.01. The summed E-state index contributed by atoms with van der Waals surface area (Å²) in [5, 5.41) is 0.902. The molecule has 3 rings (SSSR count). The Hall–Kier alpha value is -3.40. The van der Waals surface area contributed by atoms with Gasteiger partial charge in [0.1, 0.15) is 18.8 Å². The molecule has 35 heavy (non-hydrogen) atoms. The lowest BCUT2D eigenvalue weighted by Gasteiger charge is -2.39. The molecule has 2 heterocycles. The van der Waals surface area contributed by atoms with Gasteiger partial charge in [-0.25, -0.2) is 0 Å². The first-order valence-corrected chi connectivity index (χ1v) is 11.8. The summed E-state index contributed by atoms with van der Waals surface area (Å²) in [5.41, 5.74) is 1.66. The van der Waals surface area contributed by atoms with E-state index in [0.717, 1.165) is 16.5 Å². The molecular weight excluding hydrogens is 458 g/mol. The van der Waals surface area contributed by atoms with Gasteiger partial charge < -0.3 is 28.7 Å². The van der Waals surface area contributed by atoms with E-state index in [2.05, 4.69) is 4.98 Å². The second-order valence-electron chi connectivity index (χ2n) is 8.09. The Morgan fingerprint density at radius 3 is 2.31 bits per heavy atom. The number of hydrogen-bond donors (Lipinski definition) is 1. The van der Waals surface area contributed by atoms with Gasteiger partial charge in [0, 0.05) is 36.4 Å². The predicted octanol–water partition coefficient (Wildman–Crippen LogP) is 2.97. The van der Waals surface area contributed by atoms with E-state index in [-0.39, 0.29) is 38.7 Å². The molecule has 0 aliphatic carbocycles. The first-order chi connectivity index (χ1) is 16.8. The van der Waals surface area contributed by atoms with E-state index in [9.17, 15) is 19.2 Å². The van der Waals surface area contributed by atoms with Gasteiger partial charge in [0.15, 0.2) is 6.10 Å². The minimum atomic E-state index is -1.09. The fraction of sp³-hybridized carbons (Fsp3) is 0.520. The average Bonchev–Trinajstić information content (AvgIpc) is 3.26. The minimum Gasteiger partial charge on any atom is -0.463 e. The second kappa shape index (κ2) is 12.3. The predicted molar refractivity (Wildman–Crippen MR) is 123 cm³/mol. The smallest absolute Gasteiger partial charge is 0.312 e. The molecule has 0 spiro atoms. The number of para-hydroxylation sites is 1. The Kier molecular flexibility index (Phi) is 9.25. The van der Waals surface area contributed by atoms with Crippen LogP contribution in [0.1, 0.15) is 52.0 Å². The van der Waals surface area contributed by atoms with Crippen LogP contribution >= 0.6 is 0 Å². The molecule has 1 fully saturated rings. The van der Waals surface area contributed by atoms with Crippen molar-refractivity contribution in [3.05, 3.63) is 36.0 Å². The van der Waals surface area contributed by atoms with Crippen molar-refractivity contribution in [2.45, 2.75) is 77.5 Å². The van der Waals surface area contributed by atoms with Crippen molar-refractivity contribution >= 4 is 34.8 Å². The van der Waals surface area contributed by atoms with Crippen LogP contribution in [0.4, 0.5) is 0 Å². The maximum Gasteiger partial charge on any atom is 0.312 e. The zero-order chi connectivity index (χ0) is 25.4.